The first-order valence-corrected chi connectivity index (χ1v) is 21.7. The molecule has 0 aliphatic heterocycles. The standard InChI is InChI=1S/C57H34N4S/c1-3-14-35(15-4-1)40-27-28-42-44(56-58-55(37-17-5-2-6-18-37)59-57(60-56)46-23-13-25-52-53(46)45-22-11-12-24-51(45)62-52)30-31-49(47(42)33-40)61-50-34-39-20-8-7-19-38(39)32-48(50)43-29-26-36-16-9-10-21-41(36)54(43)61/h1-34H. The molecule has 0 aliphatic rings. The third-order valence-corrected chi connectivity index (χ3v) is 13.5. The predicted molar refractivity (Wildman–Crippen MR) is 261 cm³/mol. The number of hydrogen-bond acceptors (Lipinski definition) is 4. The van der Waals surface area contributed by atoms with Gasteiger partial charge in [-0.05, 0) is 75.1 Å². The van der Waals surface area contributed by atoms with Gasteiger partial charge in [0.15, 0.2) is 17.5 Å². The summed E-state index contributed by atoms with van der Waals surface area (Å²) < 4.78 is 4.95. The predicted octanol–water partition coefficient (Wildman–Crippen LogP) is 15.5. The molecule has 3 aromatic heterocycles. The summed E-state index contributed by atoms with van der Waals surface area (Å²) in [5.41, 5.74) is 8.65. The summed E-state index contributed by atoms with van der Waals surface area (Å²) in [5, 5.41) is 11.9. The van der Waals surface area contributed by atoms with E-state index < -0.39 is 0 Å². The van der Waals surface area contributed by atoms with Crippen molar-refractivity contribution in [1.29, 1.82) is 0 Å². The van der Waals surface area contributed by atoms with Crippen LogP contribution < -0.4 is 0 Å². The smallest absolute Gasteiger partial charge is 0.164 e. The molecule has 13 rings (SSSR count). The van der Waals surface area contributed by atoms with Crippen LogP contribution in [0.5, 0.6) is 0 Å². The first-order valence-electron chi connectivity index (χ1n) is 20.9. The van der Waals surface area contributed by atoms with Crippen molar-refractivity contribution in [2.75, 3.05) is 0 Å². The maximum Gasteiger partial charge on any atom is 0.164 e. The maximum absolute atomic E-state index is 5.41. The number of nitrogens with zero attached hydrogens (tertiary/aromatic N) is 4. The lowest BCUT2D eigenvalue weighted by Gasteiger charge is -2.17. The van der Waals surface area contributed by atoms with E-state index in [4.69, 9.17) is 15.0 Å². The number of thiophene rings is 1. The number of benzene rings is 10. The zero-order valence-corrected chi connectivity index (χ0v) is 34.1. The molecule has 0 saturated carbocycles. The Hall–Kier alpha value is -7.99. The van der Waals surface area contributed by atoms with Crippen LogP contribution in [0.15, 0.2) is 206 Å². The third kappa shape index (κ3) is 5.42. The van der Waals surface area contributed by atoms with Gasteiger partial charge in [0.1, 0.15) is 0 Å². The van der Waals surface area contributed by atoms with Crippen molar-refractivity contribution >= 4 is 85.6 Å². The molecule has 0 atom stereocenters. The molecule has 0 unspecified atom stereocenters. The molecule has 0 aliphatic carbocycles. The molecule has 0 saturated heterocycles. The Morgan fingerprint density at radius 1 is 0.339 bits per heavy atom. The van der Waals surface area contributed by atoms with Gasteiger partial charge in [0.05, 0.1) is 16.7 Å². The molecule has 4 nitrogen and oxygen atoms in total. The Bertz CT molecular complexity index is 3920. The van der Waals surface area contributed by atoms with E-state index in [1.54, 1.807) is 11.3 Å². The minimum Gasteiger partial charge on any atom is -0.308 e. The molecule has 0 radical (unpaired) electrons. The Morgan fingerprint density at radius 2 is 0.984 bits per heavy atom. The topological polar surface area (TPSA) is 43.6 Å². The average Bonchev–Trinajstić information content (AvgIpc) is 3.89. The van der Waals surface area contributed by atoms with E-state index in [0.29, 0.717) is 17.5 Å². The van der Waals surface area contributed by atoms with Gasteiger partial charge in [-0.3, -0.25) is 0 Å². The van der Waals surface area contributed by atoms with Crippen molar-refractivity contribution in [3.05, 3.63) is 206 Å². The highest BCUT2D eigenvalue weighted by molar-refractivity contribution is 7.25. The summed E-state index contributed by atoms with van der Waals surface area (Å²) in [7, 11) is 0. The number of aromatic nitrogens is 4. The summed E-state index contributed by atoms with van der Waals surface area (Å²) in [6.07, 6.45) is 0. The minimum absolute atomic E-state index is 0.632. The maximum atomic E-state index is 5.41. The van der Waals surface area contributed by atoms with Crippen LogP contribution in [0.25, 0.3) is 125 Å². The van der Waals surface area contributed by atoms with E-state index >= 15 is 0 Å². The molecule has 0 bridgehead atoms. The molecule has 13 aromatic rings. The fraction of sp³-hybridized carbons (Fsp3) is 0. The first kappa shape index (κ1) is 34.8. The third-order valence-electron chi connectivity index (χ3n) is 12.4. The quantitative estimate of drug-likeness (QED) is 0.174. The van der Waals surface area contributed by atoms with Gasteiger partial charge in [-0.2, -0.15) is 0 Å². The molecule has 0 amide bonds. The molecular weight excluding hydrogens is 773 g/mol. The zero-order valence-electron chi connectivity index (χ0n) is 33.3. The van der Waals surface area contributed by atoms with E-state index in [9.17, 15) is 0 Å². The Kier molecular flexibility index (Phi) is 7.74. The van der Waals surface area contributed by atoms with Gasteiger partial charge in [-0.25, -0.2) is 15.0 Å². The van der Waals surface area contributed by atoms with Gasteiger partial charge in [0, 0.05) is 58.4 Å². The van der Waals surface area contributed by atoms with E-state index in [1.807, 2.05) is 18.2 Å². The van der Waals surface area contributed by atoms with Crippen molar-refractivity contribution in [3.8, 4) is 51.0 Å². The largest absolute Gasteiger partial charge is 0.308 e. The van der Waals surface area contributed by atoms with Gasteiger partial charge in [-0.1, -0.05) is 164 Å². The highest BCUT2D eigenvalue weighted by Crippen LogP contribution is 2.44. The molecular formula is C57H34N4S. The lowest BCUT2D eigenvalue weighted by atomic mass is 9.96. The van der Waals surface area contributed by atoms with Crippen LogP contribution in [-0.4, -0.2) is 19.5 Å². The van der Waals surface area contributed by atoms with E-state index in [0.717, 1.165) is 44.3 Å². The van der Waals surface area contributed by atoms with Crippen molar-refractivity contribution in [1.82, 2.24) is 19.5 Å². The lowest BCUT2D eigenvalue weighted by molar-refractivity contribution is 1.08. The van der Waals surface area contributed by atoms with Crippen LogP contribution in [-0.2, 0) is 0 Å². The van der Waals surface area contributed by atoms with Crippen molar-refractivity contribution in [2.24, 2.45) is 0 Å². The van der Waals surface area contributed by atoms with E-state index in [2.05, 4.69) is 193 Å². The van der Waals surface area contributed by atoms with Crippen LogP contribution in [0.4, 0.5) is 0 Å². The minimum atomic E-state index is 0.632. The first-order chi connectivity index (χ1) is 30.7. The second kappa shape index (κ2) is 13.8. The normalized spacial score (nSPS) is 11.9. The SMILES string of the molecule is c1ccc(-c2ccc3c(-c4nc(-c5ccccc5)nc(-c5cccc6sc7ccccc7c56)n4)ccc(-n4c5cc6ccccc6cc5c5ccc6ccccc6c54)c3c2)cc1. The molecule has 62 heavy (non-hydrogen) atoms. The van der Waals surface area contributed by atoms with Crippen LogP contribution in [0, 0.1) is 0 Å². The summed E-state index contributed by atoms with van der Waals surface area (Å²) in [6.45, 7) is 0. The molecule has 3 heterocycles. The molecule has 0 spiro atoms. The highest BCUT2D eigenvalue weighted by Gasteiger charge is 2.22. The highest BCUT2D eigenvalue weighted by atomic mass is 32.1. The molecule has 0 N–H and O–H groups in total. The molecule has 0 fully saturated rings. The Morgan fingerprint density at radius 3 is 1.81 bits per heavy atom. The van der Waals surface area contributed by atoms with Crippen LogP contribution in [0.3, 0.4) is 0 Å². The second-order valence-corrected chi connectivity index (χ2v) is 17.0. The van der Waals surface area contributed by atoms with Crippen LogP contribution in [0.2, 0.25) is 0 Å². The summed E-state index contributed by atoms with van der Waals surface area (Å²) >= 11 is 1.80. The van der Waals surface area contributed by atoms with Gasteiger partial charge in [0.25, 0.3) is 0 Å². The second-order valence-electron chi connectivity index (χ2n) is 15.9. The van der Waals surface area contributed by atoms with Gasteiger partial charge in [0.2, 0.25) is 0 Å². The Labute approximate surface area is 360 Å². The van der Waals surface area contributed by atoms with Gasteiger partial charge < -0.3 is 4.57 Å². The number of rotatable bonds is 5. The summed E-state index contributed by atoms with van der Waals surface area (Å²) in [4.78, 5) is 15.9. The van der Waals surface area contributed by atoms with Gasteiger partial charge in [-0.15, -0.1) is 11.3 Å². The number of hydrogen-bond donors (Lipinski definition) is 0. The Balaban J connectivity index is 1.13. The van der Waals surface area contributed by atoms with Crippen molar-refractivity contribution in [3.63, 3.8) is 0 Å². The summed E-state index contributed by atoms with van der Waals surface area (Å²) in [6, 6.07) is 74.0. The van der Waals surface area contributed by atoms with E-state index in [1.165, 1.54) is 63.5 Å². The lowest BCUT2D eigenvalue weighted by Crippen LogP contribution is -2.02. The van der Waals surface area contributed by atoms with Crippen LogP contribution in [0.1, 0.15) is 0 Å². The van der Waals surface area contributed by atoms with Crippen molar-refractivity contribution in [2.45, 2.75) is 0 Å². The monoisotopic (exact) mass is 806 g/mol. The fourth-order valence-electron chi connectivity index (χ4n) is 9.54. The number of fused-ring (bicyclic) bond motifs is 10. The molecule has 10 aromatic carbocycles. The zero-order chi connectivity index (χ0) is 40.7. The average molecular weight is 807 g/mol. The van der Waals surface area contributed by atoms with Crippen molar-refractivity contribution < 1.29 is 0 Å². The van der Waals surface area contributed by atoms with E-state index in [-0.39, 0.29) is 0 Å². The summed E-state index contributed by atoms with van der Waals surface area (Å²) in [5.74, 6) is 1.93. The fourth-order valence-corrected chi connectivity index (χ4v) is 10.7. The van der Waals surface area contributed by atoms with Crippen LogP contribution >= 0.6 is 11.3 Å². The molecule has 288 valence electrons. The molecule has 5 heteroatoms. The van der Waals surface area contributed by atoms with Gasteiger partial charge >= 0.3 is 0 Å².